The minimum atomic E-state index is 0.431. The fourth-order valence-corrected chi connectivity index (χ4v) is 3.11. The summed E-state index contributed by atoms with van der Waals surface area (Å²) >= 11 is 0. The first-order chi connectivity index (χ1) is 11.7. The Balaban J connectivity index is 1.55. The van der Waals surface area contributed by atoms with Crippen LogP contribution in [0, 0.1) is 0 Å². The fraction of sp³-hybridized carbons (Fsp3) is 0.316. The van der Waals surface area contributed by atoms with E-state index in [0.717, 1.165) is 24.4 Å². The van der Waals surface area contributed by atoms with Gasteiger partial charge in [-0.05, 0) is 49.2 Å². The van der Waals surface area contributed by atoms with Gasteiger partial charge in [-0.15, -0.1) is 0 Å². The van der Waals surface area contributed by atoms with Gasteiger partial charge in [0, 0.05) is 24.0 Å². The molecule has 0 aromatic heterocycles. The molecule has 0 fully saturated rings. The van der Waals surface area contributed by atoms with E-state index in [1.165, 1.54) is 11.3 Å². The van der Waals surface area contributed by atoms with E-state index in [0.29, 0.717) is 18.5 Å². The lowest BCUT2D eigenvalue weighted by Crippen LogP contribution is -2.32. The zero-order valence-corrected chi connectivity index (χ0v) is 14.2. The van der Waals surface area contributed by atoms with E-state index < -0.39 is 0 Å². The molecular weight excluding hydrogens is 300 g/mol. The summed E-state index contributed by atoms with van der Waals surface area (Å²) in [6, 6.07) is 16.7. The highest BCUT2D eigenvalue weighted by Crippen LogP contribution is 2.31. The van der Waals surface area contributed by atoms with Crippen molar-refractivity contribution in [2.24, 2.45) is 10.7 Å². The molecule has 0 saturated carbocycles. The van der Waals surface area contributed by atoms with E-state index >= 15 is 0 Å². The van der Waals surface area contributed by atoms with Crippen LogP contribution in [0.15, 0.2) is 53.5 Å². The molecule has 2 aromatic carbocycles. The van der Waals surface area contributed by atoms with E-state index in [9.17, 15) is 0 Å². The molecule has 0 bridgehead atoms. The molecule has 3 N–H and O–H groups in total. The molecule has 1 heterocycles. The van der Waals surface area contributed by atoms with E-state index in [-0.39, 0.29) is 0 Å². The van der Waals surface area contributed by atoms with Crippen molar-refractivity contribution >= 4 is 17.3 Å². The summed E-state index contributed by atoms with van der Waals surface area (Å²) in [6.45, 7) is 3.78. The van der Waals surface area contributed by atoms with E-state index in [2.05, 4.69) is 46.4 Å². The van der Waals surface area contributed by atoms with Crippen molar-refractivity contribution in [1.82, 2.24) is 0 Å². The first kappa shape index (κ1) is 16.2. The van der Waals surface area contributed by atoms with Crippen LogP contribution in [-0.2, 0) is 6.42 Å². The van der Waals surface area contributed by atoms with Gasteiger partial charge in [-0.25, -0.2) is 0 Å². The molecule has 0 amide bonds. The average molecular weight is 324 g/mol. The molecule has 0 spiro atoms. The number of rotatable bonds is 5. The molecule has 24 heavy (non-hydrogen) atoms. The van der Waals surface area contributed by atoms with Crippen LogP contribution in [0.4, 0.5) is 11.4 Å². The Morgan fingerprint density at radius 2 is 2.00 bits per heavy atom. The highest BCUT2D eigenvalue weighted by Gasteiger charge is 2.24. The van der Waals surface area contributed by atoms with Crippen molar-refractivity contribution in [3.8, 4) is 5.75 Å². The second kappa shape index (κ2) is 7.25. The predicted octanol–water partition coefficient (Wildman–Crippen LogP) is 2.87. The normalized spacial score (nSPS) is 16.8. The van der Waals surface area contributed by atoms with E-state index in [1.54, 1.807) is 7.11 Å². The number of benzene rings is 2. The Morgan fingerprint density at radius 3 is 2.75 bits per heavy atom. The van der Waals surface area contributed by atoms with Crippen LogP contribution in [0.3, 0.4) is 0 Å². The van der Waals surface area contributed by atoms with Gasteiger partial charge in [0.25, 0.3) is 0 Å². The summed E-state index contributed by atoms with van der Waals surface area (Å²) < 4.78 is 5.14. The van der Waals surface area contributed by atoms with Crippen molar-refractivity contribution in [1.29, 1.82) is 0 Å². The van der Waals surface area contributed by atoms with Crippen molar-refractivity contribution in [3.63, 3.8) is 0 Å². The molecule has 3 rings (SSSR count). The van der Waals surface area contributed by atoms with Crippen LogP contribution >= 0.6 is 0 Å². The van der Waals surface area contributed by atoms with Crippen LogP contribution in [0.2, 0.25) is 0 Å². The molecule has 0 radical (unpaired) electrons. The van der Waals surface area contributed by atoms with Gasteiger partial charge in [-0.1, -0.05) is 18.2 Å². The Labute approximate surface area is 143 Å². The zero-order valence-electron chi connectivity index (χ0n) is 14.2. The highest BCUT2D eigenvalue weighted by atomic mass is 16.5. The second-order valence-electron chi connectivity index (χ2n) is 6.00. The van der Waals surface area contributed by atoms with Gasteiger partial charge in [-0.2, -0.15) is 0 Å². The molecular formula is C19H24N4O. The molecule has 5 nitrogen and oxygen atoms in total. The molecule has 5 heteroatoms. The molecule has 1 atom stereocenters. The molecule has 2 aromatic rings. The maximum atomic E-state index is 5.98. The Bertz CT molecular complexity index is 712. The Morgan fingerprint density at radius 1 is 1.25 bits per heavy atom. The highest BCUT2D eigenvalue weighted by molar-refractivity contribution is 5.92. The van der Waals surface area contributed by atoms with Gasteiger partial charge >= 0.3 is 0 Å². The number of fused-ring (bicyclic) bond motifs is 1. The van der Waals surface area contributed by atoms with Gasteiger partial charge in [-0.3, -0.25) is 4.99 Å². The molecule has 1 unspecified atom stereocenters. The van der Waals surface area contributed by atoms with Gasteiger partial charge < -0.3 is 20.7 Å². The van der Waals surface area contributed by atoms with Crippen LogP contribution < -0.4 is 20.7 Å². The third kappa shape index (κ3) is 3.62. The first-order valence-electron chi connectivity index (χ1n) is 8.23. The lowest BCUT2D eigenvalue weighted by molar-refractivity contribution is 0.415. The third-order valence-corrected chi connectivity index (χ3v) is 4.33. The number of para-hydroxylation sites is 1. The number of nitrogens with zero attached hydrogens (tertiary/aromatic N) is 2. The minimum Gasteiger partial charge on any atom is -0.497 e. The number of hydrogen-bond acceptors (Lipinski definition) is 3. The molecule has 1 aliphatic rings. The Kier molecular flexibility index (Phi) is 4.89. The summed E-state index contributed by atoms with van der Waals surface area (Å²) in [4.78, 5) is 6.85. The minimum absolute atomic E-state index is 0.431. The van der Waals surface area contributed by atoms with Gasteiger partial charge in [0.05, 0.1) is 13.7 Å². The summed E-state index contributed by atoms with van der Waals surface area (Å²) in [5.74, 6) is 1.25. The van der Waals surface area contributed by atoms with Crippen LogP contribution in [-0.4, -0.2) is 32.2 Å². The number of ether oxygens (including phenoxy) is 1. The maximum absolute atomic E-state index is 5.98. The van der Waals surface area contributed by atoms with Crippen molar-refractivity contribution in [2.75, 3.05) is 30.4 Å². The zero-order chi connectivity index (χ0) is 16.9. The van der Waals surface area contributed by atoms with Crippen LogP contribution in [0.1, 0.15) is 12.5 Å². The number of nitrogens with two attached hydrogens (primary N) is 1. The van der Waals surface area contributed by atoms with Gasteiger partial charge in [0.15, 0.2) is 5.96 Å². The summed E-state index contributed by atoms with van der Waals surface area (Å²) in [5, 5.41) is 3.10. The van der Waals surface area contributed by atoms with Gasteiger partial charge in [0.2, 0.25) is 0 Å². The number of guanidine groups is 1. The van der Waals surface area contributed by atoms with Crippen molar-refractivity contribution in [2.45, 2.75) is 19.4 Å². The lowest BCUT2D eigenvalue weighted by atomic mass is 10.1. The SMILES string of the molecule is COc1ccc(NC(N)=NCCN2c3ccccc3CC2C)cc1. The monoisotopic (exact) mass is 324 g/mol. The number of anilines is 2. The number of aliphatic imine (C=N–C) groups is 1. The summed E-state index contributed by atoms with van der Waals surface area (Å²) in [6.07, 6.45) is 1.10. The van der Waals surface area contributed by atoms with Crippen molar-refractivity contribution in [3.05, 3.63) is 54.1 Å². The smallest absolute Gasteiger partial charge is 0.193 e. The molecule has 126 valence electrons. The maximum Gasteiger partial charge on any atom is 0.193 e. The number of methoxy groups -OCH3 is 1. The van der Waals surface area contributed by atoms with Crippen LogP contribution in [0.25, 0.3) is 0 Å². The predicted molar refractivity (Wildman–Crippen MR) is 100 cm³/mol. The van der Waals surface area contributed by atoms with Crippen molar-refractivity contribution < 1.29 is 4.74 Å². The van der Waals surface area contributed by atoms with Gasteiger partial charge in [0.1, 0.15) is 5.75 Å². The first-order valence-corrected chi connectivity index (χ1v) is 8.23. The van der Waals surface area contributed by atoms with E-state index in [4.69, 9.17) is 10.5 Å². The topological polar surface area (TPSA) is 62.9 Å². The fourth-order valence-electron chi connectivity index (χ4n) is 3.11. The molecule has 0 aliphatic carbocycles. The lowest BCUT2D eigenvalue weighted by Gasteiger charge is -2.24. The third-order valence-electron chi connectivity index (χ3n) is 4.33. The summed E-state index contributed by atoms with van der Waals surface area (Å²) in [7, 11) is 1.65. The number of nitrogens with one attached hydrogen (secondary N) is 1. The molecule has 1 aliphatic heterocycles. The van der Waals surface area contributed by atoms with Crippen LogP contribution in [0.5, 0.6) is 5.75 Å². The van der Waals surface area contributed by atoms with E-state index in [1.807, 2.05) is 24.3 Å². The average Bonchev–Trinajstić information content (AvgIpc) is 2.91. The Hall–Kier alpha value is -2.69. The standard InChI is InChI=1S/C19H24N4O/c1-14-13-15-5-3-4-6-18(15)23(14)12-11-21-19(20)22-16-7-9-17(24-2)10-8-16/h3-10,14H,11-13H2,1-2H3,(H3,20,21,22). The largest absolute Gasteiger partial charge is 0.497 e. The number of hydrogen-bond donors (Lipinski definition) is 2. The quantitative estimate of drug-likeness (QED) is 0.656. The molecule has 0 saturated heterocycles. The second-order valence-corrected chi connectivity index (χ2v) is 6.00. The summed E-state index contributed by atoms with van der Waals surface area (Å²) in [5.41, 5.74) is 9.62.